The molecule has 0 heterocycles. The minimum atomic E-state index is -2.49. The van der Waals surface area contributed by atoms with Crippen LogP contribution in [0.4, 0.5) is 8.78 Å². The molecule has 0 radical (unpaired) electrons. The van der Waals surface area contributed by atoms with Crippen LogP contribution >= 0.6 is 12.4 Å². The zero-order valence-electron chi connectivity index (χ0n) is 6.67. The molecule has 0 aromatic heterocycles. The van der Waals surface area contributed by atoms with E-state index >= 15 is 0 Å². The van der Waals surface area contributed by atoms with Gasteiger partial charge in [0.2, 0.25) is 5.92 Å². The third-order valence-corrected chi connectivity index (χ3v) is 2.19. The molecule has 0 saturated heterocycles. The highest BCUT2D eigenvalue weighted by Crippen LogP contribution is 2.43. The predicted octanol–water partition coefficient (Wildman–Crippen LogP) is 1.16. The summed E-state index contributed by atoms with van der Waals surface area (Å²) in [5, 5.41) is 8.47. The van der Waals surface area contributed by atoms with Gasteiger partial charge in [-0.25, -0.2) is 8.78 Å². The van der Waals surface area contributed by atoms with Crippen molar-refractivity contribution in [3.8, 4) is 0 Å². The van der Waals surface area contributed by atoms with Gasteiger partial charge in [-0.2, -0.15) is 0 Å². The molecule has 74 valence electrons. The number of alkyl halides is 2. The third-order valence-electron chi connectivity index (χ3n) is 2.19. The van der Waals surface area contributed by atoms with Gasteiger partial charge in [0, 0.05) is 25.5 Å². The van der Waals surface area contributed by atoms with Crippen molar-refractivity contribution in [3.63, 3.8) is 0 Å². The summed E-state index contributed by atoms with van der Waals surface area (Å²) in [6.07, 6.45) is 0.225. The average molecular weight is 202 g/mol. The lowest BCUT2D eigenvalue weighted by Gasteiger charge is -2.38. The first-order chi connectivity index (χ1) is 5.05. The van der Waals surface area contributed by atoms with Crippen LogP contribution in [-0.4, -0.2) is 23.7 Å². The first kappa shape index (κ1) is 12.1. The van der Waals surface area contributed by atoms with Crippen molar-refractivity contribution < 1.29 is 13.9 Å². The summed E-state index contributed by atoms with van der Waals surface area (Å²) in [5.74, 6) is -2.57. The number of hydrogen-bond donors (Lipinski definition) is 2. The Kier molecular flexibility index (Phi) is 4.37. The number of aliphatic hydroxyl groups is 1. The molecule has 1 fully saturated rings. The summed E-state index contributed by atoms with van der Waals surface area (Å²) >= 11 is 0. The van der Waals surface area contributed by atoms with Gasteiger partial charge in [0.1, 0.15) is 0 Å². The molecular weight excluding hydrogens is 188 g/mol. The van der Waals surface area contributed by atoms with Crippen LogP contribution in [0.5, 0.6) is 0 Å². The molecule has 3 N–H and O–H groups in total. The molecule has 0 aromatic rings. The van der Waals surface area contributed by atoms with E-state index in [0.29, 0.717) is 6.42 Å². The summed E-state index contributed by atoms with van der Waals surface area (Å²) in [5.41, 5.74) is 5.52. The molecule has 0 aliphatic heterocycles. The van der Waals surface area contributed by atoms with Crippen molar-refractivity contribution in [2.24, 2.45) is 11.7 Å². The van der Waals surface area contributed by atoms with E-state index in [4.69, 9.17) is 10.8 Å². The van der Waals surface area contributed by atoms with Crippen LogP contribution in [-0.2, 0) is 0 Å². The summed E-state index contributed by atoms with van der Waals surface area (Å²) < 4.78 is 24.5. The number of aliphatic hydroxyl groups excluding tert-OH is 1. The van der Waals surface area contributed by atoms with Gasteiger partial charge >= 0.3 is 0 Å². The fourth-order valence-corrected chi connectivity index (χ4v) is 1.39. The molecule has 1 unspecified atom stereocenters. The van der Waals surface area contributed by atoms with Crippen LogP contribution in [0.15, 0.2) is 0 Å². The third kappa shape index (κ3) is 2.84. The van der Waals surface area contributed by atoms with Crippen molar-refractivity contribution in [2.45, 2.75) is 31.2 Å². The second-order valence-corrected chi connectivity index (χ2v) is 3.20. The van der Waals surface area contributed by atoms with E-state index in [9.17, 15) is 8.78 Å². The summed E-state index contributed by atoms with van der Waals surface area (Å²) in [4.78, 5) is 0. The highest BCUT2D eigenvalue weighted by Gasteiger charge is 2.47. The molecule has 5 heteroatoms. The second kappa shape index (κ2) is 4.35. The Bertz CT molecular complexity index is 137. The molecule has 0 spiro atoms. The number of hydrogen-bond acceptors (Lipinski definition) is 2. The van der Waals surface area contributed by atoms with Gasteiger partial charge in [-0.05, 0) is 12.3 Å². The molecule has 2 nitrogen and oxygen atoms in total. The van der Waals surface area contributed by atoms with Crippen molar-refractivity contribution in [1.29, 1.82) is 0 Å². The van der Waals surface area contributed by atoms with Gasteiger partial charge in [-0.3, -0.25) is 0 Å². The molecule has 1 aliphatic carbocycles. The lowest BCUT2D eigenvalue weighted by atomic mass is 9.76. The van der Waals surface area contributed by atoms with Gasteiger partial charge in [-0.15, -0.1) is 12.4 Å². The lowest BCUT2D eigenvalue weighted by molar-refractivity contribution is -0.117. The maximum atomic E-state index is 12.3. The fourth-order valence-electron chi connectivity index (χ4n) is 1.39. The Morgan fingerprint density at radius 1 is 1.50 bits per heavy atom. The first-order valence-electron chi connectivity index (χ1n) is 3.79. The van der Waals surface area contributed by atoms with E-state index < -0.39 is 5.92 Å². The average Bonchev–Trinajstić information content (AvgIpc) is 1.83. The zero-order chi connectivity index (χ0) is 8.48. The van der Waals surface area contributed by atoms with Crippen LogP contribution in [0, 0.1) is 5.92 Å². The van der Waals surface area contributed by atoms with E-state index in [1.165, 1.54) is 0 Å². The van der Waals surface area contributed by atoms with Crippen LogP contribution < -0.4 is 5.73 Å². The number of nitrogens with two attached hydrogens (primary N) is 1. The maximum Gasteiger partial charge on any atom is 0.248 e. The Morgan fingerprint density at radius 2 is 2.00 bits per heavy atom. The fraction of sp³-hybridized carbons (Fsp3) is 1.00. The van der Waals surface area contributed by atoms with Gasteiger partial charge < -0.3 is 10.8 Å². The molecule has 1 rings (SSSR count). The van der Waals surface area contributed by atoms with Gasteiger partial charge in [0.25, 0.3) is 0 Å². The van der Waals surface area contributed by atoms with E-state index in [1.807, 2.05) is 0 Å². The van der Waals surface area contributed by atoms with Crippen LogP contribution in [0.3, 0.4) is 0 Å². The summed E-state index contributed by atoms with van der Waals surface area (Å²) in [7, 11) is 0. The van der Waals surface area contributed by atoms with E-state index in [1.54, 1.807) is 0 Å². The quantitative estimate of drug-likeness (QED) is 0.720. The molecule has 1 atom stereocenters. The standard InChI is InChI=1S/C7H13F2NO.ClH/c8-7(9)3-5(4-7)6(10)1-2-11;/h5-6,11H,1-4,10H2;1H. The molecular formula is C7H14ClF2NO. The van der Waals surface area contributed by atoms with Crippen LogP contribution in [0.1, 0.15) is 19.3 Å². The monoisotopic (exact) mass is 201 g/mol. The van der Waals surface area contributed by atoms with E-state index in [-0.39, 0.29) is 43.8 Å². The topological polar surface area (TPSA) is 46.2 Å². The zero-order valence-corrected chi connectivity index (χ0v) is 7.49. The molecule has 0 amide bonds. The normalized spacial score (nSPS) is 24.0. The van der Waals surface area contributed by atoms with Crippen LogP contribution in [0.25, 0.3) is 0 Å². The van der Waals surface area contributed by atoms with Gasteiger partial charge in [0.05, 0.1) is 0 Å². The number of halogens is 3. The van der Waals surface area contributed by atoms with Crippen LogP contribution in [0.2, 0.25) is 0 Å². The minimum Gasteiger partial charge on any atom is -0.396 e. The smallest absolute Gasteiger partial charge is 0.248 e. The molecule has 0 bridgehead atoms. The lowest BCUT2D eigenvalue weighted by Crippen LogP contribution is -2.46. The highest BCUT2D eigenvalue weighted by atomic mass is 35.5. The molecule has 1 aliphatic rings. The minimum absolute atomic E-state index is 0. The largest absolute Gasteiger partial charge is 0.396 e. The van der Waals surface area contributed by atoms with Crippen molar-refractivity contribution in [2.75, 3.05) is 6.61 Å². The molecule has 1 saturated carbocycles. The van der Waals surface area contributed by atoms with E-state index in [2.05, 4.69) is 0 Å². The highest BCUT2D eigenvalue weighted by molar-refractivity contribution is 5.85. The number of rotatable bonds is 3. The van der Waals surface area contributed by atoms with Crippen molar-refractivity contribution in [3.05, 3.63) is 0 Å². The summed E-state index contributed by atoms with van der Waals surface area (Å²) in [6, 6.07) is -0.250. The predicted molar refractivity (Wildman–Crippen MR) is 44.6 cm³/mol. The Labute approximate surface area is 76.5 Å². The van der Waals surface area contributed by atoms with Gasteiger partial charge in [0.15, 0.2) is 0 Å². The Hall–Kier alpha value is 0.0700. The molecule has 0 aromatic carbocycles. The van der Waals surface area contributed by atoms with Gasteiger partial charge in [-0.1, -0.05) is 0 Å². The second-order valence-electron chi connectivity index (χ2n) is 3.20. The van der Waals surface area contributed by atoms with E-state index in [0.717, 1.165) is 0 Å². The van der Waals surface area contributed by atoms with Crippen molar-refractivity contribution >= 4 is 12.4 Å². The Morgan fingerprint density at radius 3 is 2.33 bits per heavy atom. The maximum absolute atomic E-state index is 12.3. The Balaban J connectivity index is 0.00000121. The van der Waals surface area contributed by atoms with Crippen molar-refractivity contribution in [1.82, 2.24) is 0 Å². The first-order valence-corrected chi connectivity index (χ1v) is 3.79. The summed E-state index contributed by atoms with van der Waals surface area (Å²) in [6.45, 7) is -0.0107. The molecule has 12 heavy (non-hydrogen) atoms. The SMILES string of the molecule is Cl.NC(CCO)C1CC(F)(F)C1.